The van der Waals surface area contributed by atoms with Crippen molar-refractivity contribution in [3.05, 3.63) is 48.0 Å². The van der Waals surface area contributed by atoms with Crippen LogP contribution >= 0.6 is 0 Å². The van der Waals surface area contributed by atoms with Gasteiger partial charge in [-0.25, -0.2) is 9.07 Å². The van der Waals surface area contributed by atoms with Crippen LogP contribution in [0.15, 0.2) is 36.8 Å². The Morgan fingerprint density at radius 1 is 0.972 bits per heavy atom. The van der Waals surface area contributed by atoms with Crippen molar-refractivity contribution in [3.8, 4) is 0 Å². The summed E-state index contributed by atoms with van der Waals surface area (Å²) in [7, 11) is 5.22. The van der Waals surface area contributed by atoms with Crippen molar-refractivity contribution in [1.29, 1.82) is 0 Å². The summed E-state index contributed by atoms with van der Waals surface area (Å²) in [5.41, 5.74) is -1.53. The number of benzene rings is 1. The van der Waals surface area contributed by atoms with Crippen molar-refractivity contribution in [3.63, 3.8) is 0 Å². The monoisotopic (exact) mass is 1020 g/mol. The first kappa shape index (κ1) is 57.9. The second-order valence-corrected chi connectivity index (χ2v) is 22.0. The van der Waals surface area contributed by atoms with Gasteiger partial charge in [-0.3, -0.25) is 14.8 Å². The Kier molecular flexibility index (Phi) is 19.4. The van der Waals surface area contributed by atoms with E-state index in [2.05, 4.69) is 20.3 Å². The van der Waals surface area contributed by atoms with Gasteiger partial charge in [0, 0.05) is 69.6 Å². The van der Waals surface area contributed by atoms with Crippen LogP contribution in [0.4, 0.5) is 4.39 Å². The average Bonchev–Trinajstić information content (AvgIpc) is 3.82. The lowest BCUT2D eigenvalue weighted by molar-refractivity contribution is -0.318. The Balaban J connectivity index is 1.26. The van der Waals surface area contributed by atoms with E-state index in [0.29, 0.717) is 38.0 Å². The van der Waals surface area contributed by atoms with E-state index in [4.69, 9.17) is 28.4 Å². The van der Waals surface area contributed by atoms with Crippen molar-refractivity contribution in [2.24, 2.45) is 17.8 Å². The van der Waals surface area contributed by atoms with Gasteiger partial charge < -0.3 is 63.8 Å². The van der Waals surface area contributed by atoms with Gasteiger partial charge in [0.25, 0.3) is 0 Å². The number of alkyl halides is 1. The normalized spacial score (nSPS) is 39.6. The van der Waals surface area contributed by atoms with Crippen LogP contribution in [0.25, 0.3) is 11.0 Å². The Morgan fingerprint density at radius 3 is 2.33 bits per heavy atom. The molecule has 2 aromatic heterocycles. The molecule has 0 unspecified atom stereocenters. The van der Waals surface area contributed by atoms with Crippen LogP contribution in [0.1, 0.15) is 112 Å². The summed E-state index contributed by atoms with van der Waals surface area (Å²) in [6.45, 7) is 17.7. The molecule has 6 rings (SSSR count). The number of nitrogens with zero attached hydrogens (tertiary/aromatic N) is 7. The SMILES string of the molecule is CC[C@H]1OC(=O)[C@H](C)[C@@H](O[C@H]2C[C@@](C)(OC)[C@@H](O)[C@H](C)O2)[C@H](C)[C@@H](O[C@@H]2O[C@H](C)C[C@H](N(C)CCc3cn([C@H](CF)Cc4ccc5nccnc5c4)nn3)[C@H]2O)[C@](C)(O)C[C@@H](C)CN(C)[C@H](C)[C@@H](O)[C@]1(C)O. The maximum Gasteiger partial charge on any atom is 0.311 e. The van der Waals surface area contributed by atoms with Crippen LogP contribution in [0, 0.1) is 17.8 Å². The average molecular weight is 1020 g/mol. The van der Waals surface area contributed by atoms with Gasteiger partial charge >= 0.3 is 5.97 Å². The van der Waals surface area contributed by atoms with Gasteiger partial charge in [0.05, 0.1) is 64.3 Å². The number of aliphatic hydroxyl groups excluding tert-OH is 3. The maximum atomic E-state index is 14.5. The molecule has 3 saturated heterocycles. The van der Waals surface area contributed by atoms with Crippen molar-refractivity contribution in [2.75, 3.05) is 41.0 Å². The molecule has 72 heavy (non-hydrogen) atoms. The zero-order chi connectivity index (χ0) is 53.0. The van der Waals surface area contributed by atoms with Gasteiger partial charge in [0.15, 0.2) is 12.6 Å². The fourth-order valence-electron chi connectivity index (χ4n) is 11.4. The topological polar surface area (TPSA) is 237 Å². The minimum atomic E-state index is -1.85. The molecular weight excluding hydrogens is 934 g/mol. The number of aliphatic hydroxyl groups is 5. The molecule has 1 aromatic carbocycles. The Hall–Kier alpha value is -3.38. The van der Waals surface area contributed by atoms with Crippen molar-refractivity contribution >= 4 is 17.0 Å². The largest absolute Gasteiger partial charge is 0.459 e. The molecular formula is C52H84FN7O12. The van der Waals surface area contributed by atoms with Crippen molar-refractivity contribution in [2.45, 2.75) is 204 Å². The van der Waals surface area contributed by atoms with Crippen LogP contribution in [-0.2, 0) is 46.1 Å². The van der Waals surface area contributed by atoms with Gasteiger partial charge in [0.2, 0.25) is 0 Å². The molecule has 3 fully saturated rings. The first-order valence-corrected chi connectivity index (χ1v) is 25.8. The molecule has 3 aliphatic heterocycles. The van der Waals surface area contributed by atoms with Crippen LogP contribution in [0.5, 0.6) is 0 Å². The third-order valence-corrected chi connectivity index (χ3v) is 15.9. The number of cyclic esters (lactones) is 1. The second kappa shape index (κ2) is 24.1. The number of rotatable bonds is 14. The van der Waals surface area contributed by atoms with Gasteiger partial charge in [-0.05, 0) is 112 Å². The molecule has 0 bridgehead atoms. The molecule has 0 saturated carbocycles. The summed E-state index contributed by atoms with van der Waals surface area (Å²) < 4.78 is 54.3. The highest BCUT2D eigenvalue weighted by atomic mass is 19.1. The molecule has 19 atom stereocenters. The Bertz CT molecular complexity index is 2210. The lowest BCUT2D eigenvalue weighted by Crippen LogP contribution is -2.61. The highest BCUT2D eigenvalue weighted by Crippen LogP contribution is 2.40. The van der Waals surface area contributed by atoms with Crippen molar-refractivity contribution in [1.82, 2.24) is 34.8 Å². The molecule has 3 aromatic rings. The lowest BCUT2D eigenvalue weighted by Gasteiger charge is -2.49. The zero-order valence-corrected chi connectivity index (χ0v) is 44.7. The summed E-state index contributed by atoms with van der Waals surface area (Å²) >= 11 is 0. The summed E-state index contributed by atoms with van der Waals surface area (Å²) in [6.07, 6.45) is -3.50. The highest BCUT2D eigenvalue weighted by Gasteiger charge is 2.53. The summed E-state index contributed by atoms with van der Waals surface area (Å²) in [4.78, 5) is 27.1. The summed E-state index contributed by atoms with van der Waals surface area (Å²) in [5.74, 6) is -2.85. The second-order valence-electron chi connectivity index (χ2n) is 22.0. The number of methoxy groups -OCH3 is 1. The molecule has 0 amide bonds. The molecule has 0 radical (unpaired) electrons. The van der Waals surface area contributed by atoms with E-state index >= 15 is 0 Å². The number of aromatic nitrogens is 5. The molecule has 5 heterocycles. The predicted molar refractivity (Wildman–Crippen MR) is 265 cm³/mol. The highest BCUT2D eigenvalue weighted by molar-refractivity contribution is 5.74. The molecule has 20 heteroatoms. The molecule has 5 N–H and O–H groups in total. The zero-order valence-electron chi connectivity index (χ0n) is 44.7. The van der Waals surface area contributed by atoms with Crippen LogP contribution in [0.3, 0.4) is 0 Å². The third kappa shape index (κ3) is 13.2. The number of ether oxygens (including phenoxy) is 6. The summed E-state index contributed by atoms with van der Waals surface area (Å²) in [6, 6.07) is 4.05. The number of carbonyl (C=O) groups is 1. The number of likely N-dealkylation sites (N-methyl/N-ethyl adjacent to an activating group) is 2. The maximum absolute atomic E-state index is 14.5. The number of carbonyl (C=O) groups excluding carboxylic acids is 1. The molecule has 19 nitrogen and oxygen atoms in total. The number of hydrogen-bond donors (Lipinski definition) is 5. The van der Waals surface area contributed by atoms with E-state index < -0.39 is 121 Å². The molecule has 0 spiro atoms. The molecule has 3 aliphatic rings. The Labute approximate surface area is 424 Å². The smallest absolute Gasteiger partial charge is 0.311 e. The Morgan fingerprint density at radius 2 is 1.67 bits per heavy atom. The minimum absolute atomic E-state index is 0.0890. The fourth-order valence-corrected chi connectivity index (χ4v) is 11.4. The quantitative estimate of drug-likeness (QED) is 0.144. The lowest BCUT2D eigenvalue weighted by atomic mass is 9.77. The first-order chi connectivity index (χ1) is 33.8. The van der Waals surface area contributed by atoms with Gasteiger partial charge in [-0.2, -0.15) is 0 Å². The third-order valence-electron chi connectivity index (χ3n) is 15.9. The summed E-state index contributed by atoms with van der Waals surface area (Å²) in [5, 5.41) is 68.4. The van der Waals surface area contributed by atoms with Gasteiger partial charge in [0.1, 0.15) is 36.7 Å². The fraction of sp³-hybridized carbons (Fsp3) is 0.788. The number of esters is 1. The van der Waals surface area contributed by atoms with E-state index in [1.54, 1.807) is 71.7 Å². The number of halogens is 1. The molecule has 406 valence electrons. The first-order valence-electron chi connectivity index (χ1n) is 25.8. The predicted octanol–water partition coefficient (Wildman–Crippen LogP) is 3.80. The molecule has 0 aliphatic carbocycles. The van der Waals surface area contributed by atoms with E-state index in [1.165, 1.54) is 14.0 Å². The van der Waals surface area contributed by atoms with E-state index in [0.717, 1.165) is 16.6 Å². The van der Waals surface area contributed by atoms with E-state index in [9.17, 15) is 34.7 Å². The van der Waals surface area contributed by atoms with Crippen LogP contribution in [-0.4, -0.2) is 198 Å². The van der Waals surface area contributed by atoms with Crippen LogP contribution < -0.4 is 0 Å². The van der Waals surface area contributed by atoms with E-state index in [-0.39, 0.29) is 25.2 Å². The van der Waals surface area contributed by atoms with Gasteiger partial charge in [-0.15, -0.1) is 5.10 Å². The standard InChI is InChI=1S/C52H84FN7O12/c1-14-41-52(10,66)45(62)33(6)59(12)27-29(2)24-50(8,65)47(31(4)44(32(5)48(64)70-41)71-42-25-51(9,67-13)46(63)34(7)69-42)72-49-43(61)40(21-30(3)68-49)58(11)20-17-36-28-60(57-56-36)37(26-53)22-35-15-16-38-39(23-35)55-19-18-54-38/h15-16,18-19,23,28-34,37,40-47,49,61-63,65-66H,14,17,20-22,24-27H2,1-13H3/t29-,30-,31+,32-,33-,34+,37+,40+,41-,42+,43-,44+,45-,46+,47-,49+,50-,51-,52-/m1/s1. The van der Waals surface area contributed by atoms with Crippen LogP contribution in [0.2, 0.25) is 0 Å². The van der Waals surface area contributed by atoms with E-state index in [1.807, 2.05) is 55.9 Å². The van der Waals surface area contributed by atoms with Crippen molar-refractivity contribution < 1.29 is 63.1 Å². The van der Waals surface area contributed by atoms with Gasteiger partial charge in [-0.1, -0.05) is 32.1 Å². The minimum Gasteiger partial charge on any atom is -0.459 e. The number of hydrogen-bond acceptors (Lipinski definition) is 18. The number of fused-ring (bicyclic) bond motifs is 1.